The molecule has 1 atom stereocenters. The van der Waals surface area contributed by atoms with Gasteiger partial charge in [-0.1, -0.05) is 25.1 Å². The van der Waals surface area contributed by atoms with Crippen molar-refractivity contribution in [1.82, 2.24) is 9.97 Å². The number of aliphatic hydroxyl groups is 1. The van der Waals surface area contributed by atoms with Crippen LogP contribution >= 0.6 is 0 Å². The van der Waals surface area contributed by atoms with Crippen LogP contribution in [-0.4, -0.2) is 27.7 Å². The quantitative estimate of drug-likeness (QED) is 0.754. The van der Waals surface area contributed by atoms with E-state index in [1.165, 1.54) is 0 Å². The van der Waals surface area contributed by atoms with E-state index in [4.69, 9.17) is 0 Å². The third-order valence-electron chi connectivity index (χ3n) is 3.06. The highest BCUT2D eigenvalue weighted by Crippen LogP contribution is 2.17. The van der Waals surface area contributed by atoms with Gasteiger partial charge in [-0.05, 0) is 25.5 Å². The highest BCUT2D eigenvalue weighted by molar-refractivity contribution is 5.55. The third kappa shape index (κ3) is 3.68. The van der Waals surface area contributed by atoms with Crippen molar-refractivity contribution in [3.63, 3.8) is 0 Å². The molecule has 5 heteroatoms. The van der Waals surface area contributed by atoms with Crippen LogP contribution in [0.1, 0.15) is 18.9 Å². The summed E-state index contributed by atoms with van der Waals surface area (Å²) >= 11 is 0. The standard InChI is InChI=1S/C15H20N4O/c1-3-12(10-20)17-14-11(2)9-16-15(19-14)18-13-7-5-4-6-8-13/h4-9,12,20H,3,10H2,1-2H3,(H2,16,17,18,19). The highest BCUT2D eigenvalue weighted by atomic mass is 16.3. The lowest BCUT2D eigenvalue weighted by Gasteiger charge is -2.17. The molecule has 0 saturated heterocycles. The number of hydrogen-bond acceptors (Lipinski definition) is 5. The normalized spacial score (nSPS) is 11.9. The summed E-state index contributed by atoms with van der Waals surface area (Å²) in [4.78, 5) is 8.73. The van der Waals surface area contributed by atoms with Gasteiger partial charge in [-0.3, -0.25) is 0 Å². The number of nitrogens with one attached hydrogen (secondary N) is 2. The van der Waals surface area contributed by atoms with Crippen LogP contribution in [0.3, 0.4) is 0 Å². The number of benzene rings is 1. The van der Waals surface area contributed by atoms with E-state index in [2.05, 4.69) is 20.6 Å². The van der Waals surface area contributed by atoms with E-state index in [-0.39, 0.29) is 12.6 Å². The Balaban J connectivity index is 2.16. The Bertz CT molecular complexity index is 541. The van der Waals surface area contributed by atoms with Gasteiger partial charge in [0.15, 0.2) is 0 Å². The van der Waals surface area contributed by atoms with Crippen molar-refractivity contribution in [1.29, 1.82) is 0 Å². The minimum Gasteiger partial charge on any atom is -0.394 e. The molecule has 0 aliphatic rings. The summed E-state index contributed by atoms with van der Waals surface area (Å²) in [6.07, 6.45) is 2.60. The number of anilines is 3. The minimum atomic E-state index is 0.00757. The number of aliphatic hydroxyl groups excluding tert-OH is 1. The average molecular weight is 272 g/mol. The topological polar surface area (TPSA) is 70.1 Å². The van der Waals surface area contributed by atoms with Gasteiger partial charge in [0, 0.05) is 17.4 Å². The second-order valence-electron chi connectivity index (χ2n) is 4.65. The molecule has 1 heterocycles. The van der Waals surface area contributed by atoms with Gasteiger partial charge in [0.1, 0.15) is 5.82 Å². The Morgan fingerprint density at radius 3 is 2.65 bits per heavy atom. The van der Waals surface area contributed by atoms with Crippen molar-refractivity contribution in [2.75, 3.05) is 17.2 Å². The fourth-order valence-corrected chi connectivity index (χ4v) is 1.77. The molecule has 20 heavy (non-hydrogen) atoms. The van der Waals surface area contributed by atoms with Crippen LogP contribution < -0.4 is 10.6 Å². The zero-order chi connectivity index (χ0) is 14.4. The first-order valence-corrected chi connectivity index (χ1v) is 6.76. The zero-order valence-corrected chi connectivity index (χ0v) is 11.8. The number of para-hydroxylation sites is 1. The number of aryl methyl sites for hydroxylation is 1. The number of rotatable bonds is 6. The Morgan fingerprint density at radius 2 is 2.00 bits per heavy atom. The lowest BCUT2D eigenvalue weighted by Crippen LogP contribution is -2.24. The lowest BCUT2D eigenvalue weighted by atomic mass is 10.2. The SMILES string of the molecule is CCC(CO)Nc1nc(Nc2ccccc2)ncc1C. The second kappa shape index (κ2) is 6.86. The molecule has 3 N–H and O–H groups in total. The Kier molecular flexibility index (Phi) is 4.90. The van der Waals surface area contributed by atoms with E-state index in [0.717, 1.165) is 23.5 Å². The van der Waals surface area contributed by atoms with E-state index < -0.39 is 0 Å². The summed E-state index contributed by atoms with van der Waals surface area (Å²) < 4.78 is 0. The van der Waals surface area contributed by atoms with Crippen LogP contribution in [0.15, 0.2) is 36.5 Å². The number of hydrogen-bond donors (Lipinski definition) is 3. The predicted octanol–water partition coefficient (Wildman–Crippen LogP) is 2.71. The molecule has 5 nitrogen and oxygen atoms in total. The van der Waals surface area contributed by atoms with Gasteiger partial charge in [-0.15, -0.1) is 0 Å². The van der Waals surface area contributed by atoms with Crippen molar-refractivity contribution < 1.29 is 5.11 Å². The molecule has 2 rings (SSSR count). The maximum absolute atomic E-state index is 9.26. The predicted molar refractivity (Wildman–Crippen MR) is 81.3 cm³/mol. The molecule has 0 aliphatic heterocycles. The van der Waals surface area contributed by atoms with Crippen molar-refractivity contribution in [2.45, 2.75) is 26.3 Å². The van der Waals surface area contributed by atoms with E-state index in [1.807, 2.05) is 44.2 Å². The summed E-state index contributed by atoms with van der Waals surface area (Å²) in [6, 6.07) is 9.79. The summed E-state index contributed by atoms with van der Waals surface area (Å²) in [5.74, 6) is 1.29. The first-order valence-electron chi connectivity index (χ1n) is 6.76. The molecule has 106 valence electrons. The van der Waals surface area contributed by atoms with Crippen LogP contribution in [0.4, 0.5) is 17.5 Å². The second-order valence-corrected chi connectivity index (χ2v) is 4.65. The van der Waals surface area contributed by atoms with Gasteiger partial charge in [-0.25, -0.2) is 4.98 Å². The van der Waals surface area contributed by atoms with Crippen LogP contribution in [0.2, 0.25) is 0 Å². The van der Waals surface area contributed by atoms with Gasteiger partial charge in [0.25, 0.3) is 0 Å². The molecule has 0 amide bonds. The summed E-state index contributed by atoms with van der Waals surface area (Å²) in [7, 11) is 0. The zero-order valence-electron chi connectivity index (χ0n) is 11.8. The van der Waals surface area contributed by atoms with E-state index in [9.17, 15) is 5.11 Å². The van der Waals surface area contributed by atoms with Crippen LogP contribution in [-0.2, 0) is 0 Å². The average Bonchev–Trinajstić information content (AvgIpc) is 2.49. The van der Waals surface area contributed by atoms with E-state index >= 15 is 0 Å². The van der Waals surface area contributed by atoms with Crippen molar-refractivity contribution in [3.05, 3.63) is 42.1 Å². The molecule has 0 radical (unpaired) electrons. The summed E-state index contributed by atoms with van der Waals surface area (Å²) in [5.41, 5.74) is 1.90. The molecule has 0 aliphatic carbocycles. The molecular formula is C15H20N4O. The van der Waals surface area contributed by atoms with Crippen LogP contribution in [0.5, 0.6) is 0 Å². The van der Waals surface area contributed by atoms with Crippen molar-refractivity contribution >= 4 is 17.5 Å². The van der Waals surface area contributed by atoms with Gasteiger partial charge < -0.3 is 15.7 Å². The largest absolute Gasteiger partial charge is 0.394 e. The molecule has 0 bridgehead atoms. The molecule has 1 unspecified atom stereocenters. The maximum atomic E-state index is 9.26. The minimum absolute atomic E-state index is 0.00757. The van der Waals surface area contributed by atoms with Crippen LogP contribution in [0, 0.1) is 6.92 Å². The fraction of sp³-hybridized carbons (Fsp3) is 0.333. The number of aromatic nitrogens is 2. The smallest absolute Gasteiger partial charge is 0.229 e. The highest BCUT2D eigenvalue weighted by Gasteiger charge is 2.09. The molecule has 0 saturated carbocycles. The molecule has 1 aromatic heterocycles. The van der Waals surface area contributed by atoms with Crippen molar-refractivity contribution in [2.24, 2.45) is 0 Å². The van der Waals surface area contributed by atoms with Gasteiger partial charge >= 0.3 is 0 Å². The van der Waals surface area contributed by atoms with Gasteiger partial charge in [-0.2, -0.15) is 4.98 Å². The molecule has 1 aromatic carbocycles. The Labute approximate surface area is 119 Å². The Morgan fingerprint density at radius 1 is 1.25 bits per heavy atom. The monoisotopic (exact) mass is 272 g/mol. The van der Waals surface area contributed by atoms with E-state index in [0.29, 0.717) is 5.95 Å². The third-order valence-corrected chi connectivity index (χ3v) is 3.06. The molecule has 0 fully saturated rings. The maximum Gasteiger partial charge on any atom is 0.229 e. The fourth-order valence-electron chi connectivity index (χ4n) is 1.77. The summed E-state index contributed by atoms with van der Waals surface area (Å²) in [5, 5.41) is 15.6. The van der Waals surface area contributed by atoms with Crippen molar-refractivity contribution in [3.8, 4) is 0 Å². The Hall–Kier alpha value is -2.14. The summed E-state index contributed by atoms with van der Waals surface area (Å²) in [6.45, 7) is 4.05. The van der Waals surface area contributed by atoms with Gasteiger partial charge in [0.2, 0.25) is 5.95 Å². The lowest BCUT2D eigenvalue weighted by molar-refractivity contribution is 0.271. The molecule has 2 aromatic rings. The first-order chi connectivity index (χ1) is 9.72. The first kappa shape index (κ1) is 14.3. The van der Waals surface area contributed by atoms with E-state index in [1.54, 1.807) is 6.20 Å². The van der Waals surface area contributed by atoms with Gasteiger partial charge in [0.05, 0.1) is 12.6 Å². The number of nitrogens with zero attached hydrogens (tertiary/aromatic N) is 2. The molecular weight excluding hydrogens is 252 g/mol. The van der Waals surface area contributed by atoms with Crippen LogP contribution in [0.25, 0.3) is 0 Å². The molecule has 0 spiro atoms.